The Kier molecular flexibility index (Phi) is 2.63. The number of nitrogens with one attached hydrogen (secondary N) is 2. The van der Waals surface area contributed by atoms with Gasteiger partial charge in [-0.15, -0.1) is 0 Å². The van der Waals surface area contributed by atoms with Crippen LogP contribution in [0.3, 0.4) is 0 Å². The van der Waals surface area contributed by atoms with Crippen molar-refractivity contribution in [3.63, 3.8) is 0 Å². The van der Waals surface area contributed by atoms with Gasteiger partial charge in [0.05, 0.1) is 17.8 Å². The summed E-state index contributed by atoms with van der Waals surface area (Å²) in [5.74, 6) is -0.736. The molecule has 1 aromatic rings. The van der Waals surface area contributed by atoms with Crippen molar-refractivity contribution < 1.29 is 19.6 Å². The molecule has 2 amide bonds. The maximum atomic E-state index is 11.6. The lowest BCUT2D eigenvalue weighted by Crippen LogP contribution is -2.31. The second-order valence-electron chi connectivity index (χ2n) is 3.41. The summed E-state index contributed by atoms with van der Waals surface area (Å²) in [6, 6.07) is 4.23. The van der Waals surface area contributed by atoms with Gasteiger partial charge in [-0.25, -0.2) is 0 Å². The monoisotopic (exact) mass is 220 g/mol. The van der Waals surface area contributed by atoms with E-state index in [0.29, 0.717) is 5.69 Å². The molecule has 0 aromatic heterocycles. The Morgan fingerprint density at radius 3 is 2.69 bits per heavy atom. The summed E-state index contributed by atoms with van der Waals surface area (Å²) >= 11 is 0. The first kappa shape index (κ1) is 10.7. The zero-order chi connectivity index (χ0) is 11.7. The third-order valence-electron chi connectivity index (χ3n) is 2.27. The highest BCUT2D eigenvalue weighted by Gasteiger charge is 2.21. The first-order valence-electron chi connectivity index (χ1n) is 4.66. The zero-order valence-electron chi connectivity index (χ0n) is 8.23. The van der Waals surface area contributed by atoms with Crippen LogP contribution >= 0.6 is 0 Å². The van der Waals surface area contributed by atoms with Gasteiger partial charge in [-0.2, -0.15) is 0 Å². The lowest BCUT2D eigenvalue weighted by molar-refractivity contribution is -0.115. The minimum Gasteiger partial charge on any atom is -0.423 e. The lowest BCUT2D eigenvalue weighted by Gasteiger charge is -2.07. The molecule has 1 heterocycles. The maximum Gasteiger partial charge on any atom is 0.488 e. The molecule has 1 aromatic carbocycles. The van der Waals surface area contributed by atoms with Crippen LogP contribution in [0.2, 0.25) is 0 Å². The molecule has 0 saturated carbocycles. The van der Waals surface area contributed by atoms with E-state index in [4.69, 9.17) is 10.0 Å². The first-order valence-corrected chi connectivity index (χ1v) is 4.66. The number of amides is 2. The van der Waals surface area contributed by atoms with Crippen LogP contribution < -0.4 is 16.1 Å². The lowest BCUT2D eigenvalue weighted by atomic mass is 9.79. The van der Waals surface area contributed by atoms with Gasteiger partial charge in [0.15, 0.2) is 0 Å². The van der Waals surface area contributed by atoms with Crippen LogP contribution in [0.25, 0.3) is 0 Å². The van der Waals surface area contributed by atoms with E-state index in [9.17, 15) is 9.59 Å². The van der Waals surface area contributed by atoms with Gasteiger partial charge in [-0.05, 0) is 17.6 Å². The second kappa shape index (κ2) is 3.95. The molecule has 82 valence electrons. The third-order valence-corrected chi connectivity index (χ3v) is 2.27. The summed E-state index contributed by atoms with van der Waals surface area (Å²) in [6.07, 6.45) is 0. The van der Waals surface area contributed by atoms with Crippen LogP contribution in [-0.4, -0.2) is 35.5 Å². The molecule has 0 atom stereocenters. The van der Waals surface area contributed by atoms with E-state index in [-0.39, 0.29) is 23.5 Å². The average molecular weight is 220 g/mol. The van der Waals surface area contributed by atoms with Crippen LogP contribution in [0.1, 0.15) is 10.4 Å². The highest BCUT2D eigenvalue weighted by molar-refractivity contribution is 6.58. The molecule has 0 unspecified atom stereocenters. The van der Waals surface area contributed by atoms with Crippen molar-refractivity contribution in [2.24, 2.45) is 0 Å². The van der Waals surface area contributed by atoms with Gasteiger partial charge in [0, 0.05) is 0 Å². The molecular weight excluding hydrogens is 211 g/mol. The smallest absolute Gasteiger partial charge is 0.423 e. The van der Waals surface area contributed by atoms with E-state index >= 15 is 0 Å². The second-order valence-corrected chi connectivity index (χ2v) is 3.41. The standard InChI is InChI=1S/C9H9BN2O4/c13-8-4-11-9(14)6-3-5(10(15)16)1-2-7(6)12-8/h1-3,15-16H,4H2,(H,11,14)(H,12,13). The normalized spacial score (nSPS) is 14.6. The maximum absolute atomic E-state index is 11.6. The molecule has 0 spiro atoms. The van der Waals surface area contributed by atoms with Gasteiger partial charge in [0.1, 0.15) is 0 Å². The average Bonchev–Trinajstić information content (AvgIpc) is 2.38. The highest BCUT2D eigenvalue weighted by atomic mass is 16.4. The zero-order valence-corrected chi connectivity index (χ0v) is 8.23. The molecule has 2 rings (SSSR count). The predicted molar refractivity (Wildman–Crippen MR) is 57.2 cm³/mol. The summed E-state index contributed by atoms with van der Waals surface area (Å²) < 4.78 is 0. The summed E-state index contributed by atoms with van der Waals surface area (Å²) in [5.41, 5.74) is 0.783. The Bertz CT molecular complexity index is 461. The van der Waals surface area contributed by atoms with Crippen molar-refractivity contribution in [3.05, 3.63) is 23.8 Å². The molecule has 0 fully saturated rings. The quantitative estimate of drug-likeness (QED) is 0.413. The number of rotatable bonds is 1. The number of fused-ring (bicyclic) bond motifs is 1. The van der Waals surface area contributed by atoms with Gasteiger partial charge >= 0.3 is 7.12 Å². The van der Waals surface area contributed by atoms with E-state index in [1.165, 1.54) is 18.2 Å². The van der Waals surface area contributed by atoms with Crippen molar-refractivity contribution in [2.75, 3.05) is 11.9 Å². The summed E-state index contributed by atoms with van der Waals surface area (Å²) in [7, 11) is -1.64. The molecule has 6 nitrogen and oxygen atoms in total. The van der Waals surface area contributed by atoms with Gasteiger partial charge < -0.3 is 20.7 Å². The molecule has 1 aliphatic rings. The Hall–Kier alpha value is -1.86. The molecule has 7 heteroatoms. The van der Waals surface area contributed by atoms with Crippen LogP contribution in [0, 0.1) is 0 Å². The van der Waals surface area contributed by atoms with Crippen molar-refractivity contribution in [3.8, 4) is 0 Å². The van der Waals surface area contributed by atoms with Crippen LogP contribution in [0.4, 0.5) is 5.69 Å². The Morgan fingerprint density at radius 2 is 2.00 bits per heavy atom. The number of carbonyl (C=O) groups is 2. The topological polar surface area (TPSA) is 98.7 Å². The third kappa shape index (κ3) is 1.90. The van der Waals surface area contributed by atoms with Gasteiger partial charge in [-0.3, -0.25) is 9.59 Å². The summed E-state index contributed by atoms with van der Waals surface area (Å²) in [5, 5.41) is 22.9. The fraction of sp³-hybridized carbons (Fsp3) is 0.111. The summed E-state index contributed by atoms with van der Waals surface area (Å²) in [4.78, 5) is 22.7. The number of hydrogen-bond acceptors (Lipinski definition) is 4. The predicted octanol–water partition coefficient (Wildman–Crippen LogP) is -1.95. The number of anilines is 1. The summed E-state index contributed by atoms with van der Waals surface area (Å²) in [6.45, 7) is -0.0927. The largest absolute Gasteiger partial charge is 0.488 e. The molecule has 16 heavy (non-hydrogen) atoms. The van der Waals surface area contributed by atoms with E-state index in [1.54, 1.807) is 0 Å². The number of hydrogen-bond donors (Lipinski definition) is 4. The van der Waals surface area contributed by atoms with Crippen molar-refractivity contribution >= 4 is 30.1 Å². The minimum absolute atomic E-state index is 0.0927. The molecule has 0 bridgehead atoms. The minimum atomic E-state index is -1.64. The van der Waals surface area contributed by atoms with E-state index in [2.05, 4.69) is 10.6 Å². The van der Waals surface area contributed by atoms with Gasteiger partial charge in [0.2, 0.25) is 5.91 Å². The Balaban J connectivity index is 2.47. The highest BCUT2D eigenvalue weighted by Crippen LogP contribution is 2.15. The molecule has 1 aliphatic heterocycles. The molecular formula is C9H9BN2O4. The molecule has 0 radical (unpaired) electrons. The molecule has 4 N–H and O–H groups in total. The van der Waals surface area contributed by atoms with Crippen molar-refractivity contribution in [1.82, 2.24) is 5.32 Å². The number of benzene rings is 1. The SMILES string of the molecule is O=C1CNC(=O)c2cc(B(O)O)ccc2N1. The Morgan fingerprint density at radius 1 is 1.25 bits per heavy atom. The van der Waals surface area contributed by atoms with Crippen LogP contribution in [-0.2, 0) is 4.79 Å². The van der Waals surface area contributed by atoms with Gasteiger partial charge in [0.25, 0.3) is 5.91 Å². The van der Waals surface area contributed by atoms with E-state index in [1.807, 2.05) is 0 Å². The first-order chi connectivity index (χ1) is 7.58. The van der Waals surface area contributed by atoms with Crippen molar-refractivity contribution in [2.45, 2.75) is 0 Å². The van der Waals surface area contributed by atoms with E-state index in [0.717, 1.165) is 0 Å². The Labute approximate surface area is 91.4 Å². The fourth-order valence-corrected chi connectivity index (χ4v) is 1.47. The fourth-order valence-electron chi connectivity index (χ4n) is 1.47. The number of carbonyl (C=O) groups excluding carboxylic acids is 2. The van der Waals surface area contributed by atoms with Crippen LogP contribution in [0.15, 0.2) is 18.2 Å². The molecule has 0 saturated heterocycles. The van der Waals surface area contributed by atoms with E-state index < -0.39 is 13.0 Å². The molecule has 0 aliphatic carbocycles. The van der Waals surface area contributed by atoms with Gasteiger partial charge in [-0.1, -0.05) is 6.07 Å². The van der Waals surface area contributed by atoms with Crippen molar-refractivity contribution in [1.29, 1.82) is 0 Å². The van der Waals surface area contributed by atoms with Crippen LogP contribution in [0.5, 0.6) is 0 Å².